The van der Waals surface area contributed by atoms with E-state index in [1.165, 1.54) is 6.08 Å². The fourth-order valence-electron chi connectivity index (χ4n) is 4.98. The Hall–Kier alpha value is -4.58. The summed E-state index contributed by atoms with van der Waals surface area (Å²) in [7, 11) is 1.63. The molecule has 0 aliphatic carbocycles. The van der Waals surface area contributed by atoms with E-state index < -0.39 is 17.7 Å². The predicted octanol–water partition coefficient (Wildman–Crippen LogP) is 5.96. The molecule has 1 aromatic heterocycles. The summed E-state index contributed by atoms with van der Waals surface area (Å²) in [6.45, 7) is 2.40. The number of rotatable bonds is 9. The number of methoxy groups -OCH3 is 1. The lowest BCUT2D eigenvalue weighted by Crippen LogP contribution is -2.33. The number of carbonyl (C=O) groups excluding carboxylic acids is 2. The number of allylic oxidation sites excluding steroid dienone is 1. The van der Waals surface area contributed by atoms with Gasteiger partial charge in [-0.2, -0.15) is 0 Å². The molecule has 1 aliphatic rings. The monoisotopic (exact) mass is 506 g/mol. The van der Waals surface area contributed by atoms with Gasteiger partial charge in [-0.25, -0.2) is 0 Å². The molecule has 2 N–H and O–H groups in total. The highest BCUT2D eigenvalue weighted by Gasteiger charge is 2.42. The SMILES string of the molecule is CCc1ccc(C2C(C(=O)/C=C/c3ccccc3)=C(O)C(=O)N2CCc2c[nH]c3ccc(OC)cc23)cc1. The van der Waals surface area contributed by atoms with Gasteiger partial charge < -0.3 is 19.7 Å². The number of aromatic nitrogens is 1. The summed E-state index contributed by atoms with van der Waals surface area (Å²) < 4.78 is 5.38. The Morgan fingerprint density at radius 3 is 2.55 bits per heavy atom. The van der Waals surface area contributed by atoms with Crippen molar-refractivity contribution in [3.05, 3.63) is 119 Å². The van der Waals surface area contributed by atoms with Crippen molar-refractivity contribution in [3.63, 3.8) is 0 Å². The third kappa shape index (κ3) is 4.85. The molecule has 0 saturated carbocycles. The summed E-state index contributed by atoms with van der Waals surface area (Å²) in [5.74, 6) is -0.660. The van der Waals surface area contributed by atoms with Gasteiger partial charge in [0.1, 0.15) is 5.75 Å². The van der Waals surface area contributed by atoms with Crippen molar-refractivity contribution in [1.82, 2.24) is 9.88 Å². The molecule has 4 aromatic rings. The standard InChI is InChI=1S/C32H30N2O4/c1-3-21-9-12-23(13-10-21)30-29(28(35)16-11-22-7-5-4-6-8-22)31(36)32(37)34(30)18-17-24-20-33-27-15-14-25(38-2)19-26(24)27/h4-16,19-20,30,33,36H,3,17-18H2,1-2H3/b16-11+. The molecule has 0 bridgehead atoms. The summed E-state index contributed by atoms with van der Waals surface area (Å²) in [5, 5.41) is 11.9. The van der Waals surface area contributed by atoms with E-state index >= 15 is 0 Å². The Kier molecular flexibility index (Phi) is 7.13. The number of hydrogen-bond donors (Lipinski definition) is 2. The average molecular weight is 507 g/mol. The fraction of sp³-hybridized carbons (Fsp3) is 0.188. The van der Waals surface area contributed by atoms with Crippen molar-refractivity contribution >= 4 is 28.7 Å². The van der Waals surface area contributed by atoms with Gasteiger partial charge in [-0.15, -0.1) is 0 Å². The zero-order chi connectivity index (χ0) is 26.6. The number of fused-ring (bicyclic) bond motifs is 1. The molecule has 0 spiro atoms. The zero-order valence-corrected chi connectivity index (χ0v) is 21.5. The zero-order valence-electron chi connectivity index (χ0n) is 21.5. The van der Waals surface area contributed by atoms with Crippen LogP contribution in [0, 0.1) is 0 Å². The van der Waals surface area contributed by atoms with Gasteiger partial charge in [0.15, 0.2) is 11.5 Å². The molecule has 192 valence electrons. The predicted molar refractivity (Wildman–Crippen MR) is 149 cm³/mol. The van der Waals surface area contributed by atoms with Crippen LogP contribution in [0.25, 0.3) is 17.0 Å². The summed E-state index contributed by atoms with van der Waals surface area (Å²) in [6, 6.07) is 22.5. The summed E-state index contributed by atoms with van der Waals surface area (Å²) in [5.41, 5.74) is 4.91. The lowest BCUT2D eigenvalue weighted by molar-refractivity contribution is -0.129. The first-order chi connectivity index (χ1) is 18.5. The minimum Gasteiger partial charge on any atom is -0.503 e. The van der Waals surface area contributed by atoms with Crippen molar-refractivity contribution in [2.45, 2.75) is 25.8 Å². The number of hydrogen-bond acceptors (Lipinski definition) is 4. The van der Waals surface area contributed by atoms with E-state index in [0.717, 1.165) is 45.3 Å². The number of nitrogens with zero attached hydrogens (tertiary/aromatic N) is 1. The molecule has 6 heteroatoms. The highest BCUT2D eigenvalue weighted by atomic mass is 16.5. The molecular formula is C32H30N2O4. The van der Waals surface area contributed by atoms with E-state index in [-0.39, 0.29) is 11.4 Å². The third-order valence-corrected chi connectivity index (χ3v) is 7.10. The number of ether oxygens (including phenoxy) is 1. The lowest BCUT2D eigenvalue weighted by atomic mass is 9.94. The lowest BCUT2D eigenvalue weighted by Gasteiger charge is -2.27. The van der Waals surface area contributed by atoms with Crippen molar-refractivity contribution in [2.75, 3.05) is 13.7 Å². The number of aliphatic hydroxyl groups excluding tert-OH is 1. The Bertz CT molecular complexity index is 1530. The first-order valence-corrected chi connectivity index (χ1v) is 12.7. The maximum atomic E-state index is 13.4. The summed E-state index contributed by atoms with van der Waals surface area (Å²) >= 11 is 0. The second-order valence-corrected chi connectivity index (χ2v) is 9.34. The van der Waals surface area contributed by atoms with Crippen molar-refractivity contribution in [3.8, 4) is 5.75 Å². The molecule has 5 rings (SSSR count). The molecule has 1 atom stereocenters. The second-order valence-electron chi connectivity index (χ2n) is 9.34. The number of carbonyl (C=O) groups is 2. The molecular weight excluding hydrogens is 476 g/mol. The average Bonchev–Trinajstić information content (AvgIpc) is 3.48. The Labute approximate surface area is 221 Å². The summed E-state index contributed by atoms with van der Waals surface area (Å²) in [4.78, 5) is 31.6. The molecule has 0 radical (unpaired) electrons. The molecule has 1 unspecified atom stereocenters. The second kappa shape index (κ2) is 10.8. The highest BCUT2D eigenvalue weighted by molar-refractivity contribution is 6.14. The maximum Gasteiger partial charge on any atom is 0.290 e. The van der Waals surface area contributed by atoms with Gasteiger partial charge in [0.05, 0.1) is 18.7 Å². The van der Waals surface area contributed by atoms with Crippen molar-refractivity contribution in [1.29, 1.82) is 0 Å². The van der Waals surface area contributed by atoms with Crippen LogP contribution in [0.1, 0.15) is 35.2 Å². The Morgan fingerprint density at radius 1 is 1.08 bits per heavy atom. The van der Waals surface area contributed by atoms with Gasteiger partial charge >= 0.3 is 0 Å². The molecule has 0 fully saturated rings. The molecule has 0 saturated heterocycles. The Morgan fingerprint density at radius 2 is 1.84 bits per heavy atom. The third-order valence-electron chi connectivity index (χ3n) is 7.10. The largest absolute Gasteiger partial charge is 0.503 e. The van der Waals surface area contributed by atoms with Gasteiger partial charge in [-0.3, -0.25) is 9.59 Å². The van der Waals surface area contributed by atoms with E-state index in [2.05, 4.69) is 11.9 Å². The number of aromatic amines is 1. The fourth-order valence-corrected chi connectivity index (χ4v) is 4.98. The van der Waals surface area contributed by atoms with E-state index in [0.29, 0.717) is 13.0 Å². The van der Waals surface area contributed by atoms with Gasteiger partial charge in [0.2, 0.25) is 0 Å². The van der Waals surface area contributed by atoms with Crippen molar-refractivity contribution in [2.24, 2.45) is 0 Å². The van der Waals surface area contributed by atoms with Crippen LogP contribution in [0.4, 0.5) is 0 Å². The number of nitrogens with one attached hydrogen (secondary N) is 1. The number of amides is 1. The summed E-state index contributed by atoms with van der Waals surface area (Å²) in [6.07, 6.45) is 6.47. The van der Waals surface area contributed by atoms with Crippen LogP contribution in [0.2, 0.25) is 0 Å². The topological polar surface area (TPSA) is 82.6 Å². The van der Waals surface area contributed by atoms with E-state index in [1.807, 2.05) is 79.0 Å². The first kappa shape index (κ1) is 25.1. The maximum absolute atomic E-state index is 13.4. The van der Waals surface area contributed by atoms with Gasteiger partial charge in [0, 0.05) is 23.6 Å². The van der Waals surface area contributed by atoms with Crippen LogP contribution in [0.15, 0.2) is 96.4 Å². The number of ketones is 1. The molecule has 2 heterocycles. The van der Waals surface area contributed by atoms with Gasteiger partial charge in [0.25, 0.3) is 5.91 Å². The minimum absolute atomic E-state index is 0.104. The quantitative estimate of drug-likeness (QED) is 0.275. The number of benzene rings is 3. The van der Waals surface area contributed by atoms with E-state index in [1.54, 1.807) is 18.1 Å². The highest BCUT2D eigenvalue weighted by Crippen LogP contribution is 2.38. The van der Waals surface area contributed by atoms with Crippen LogP contribution in [0.5, 0.6) is 5.75 Å². The van der Waals surface area contributed by atoms with E-state index in [4.69, 9.17) is 4.74 Å². The van der Waals surface area contributed by atoms with Crippen LogP contribution in [-0.2, 0) is 22.4 Å². The van der Waals surface area contributed by atoms with Gasteiger partial charge in [-0.05, 0) is 59.4 Å². The van der Waals surface area contributed by atoms with Gasteiger partial charge in [-0.1, -0.05) is 67.6 Å². The van der Waals surface area contributed by atoms with Crippen LogP contribution >= 0.6 is 0 Å². The molecule has 1 aliphatic heterocycles. The molecule has 6 nitrogen and oxygen atoms in total. The number of aliphatic hydroxyl groups is 1. The smallest absolute Gasteiger partial charge is 0.290 e. The first-order valence-electron chi connectivity index (χ1n) is 12.7. The van der Waals surface area contributed by atoms with Crippen LogP contribution < -0.4 is 4.74 Å². The Balaban J connectivity index is 1.47. The van der Waals surface area contributed by atoms with Crippen LogP contribution in [0.3, 0.4) is 0 Å². The molecule has 3 aromatic carbocycles. The number of H-pyrrole nitrogens is 1. The molecule has 1 amide bonds. The normalized spacial score (nSPS) is 15.7. The number of aryl methyl sites for hydroxylation is 1. The molecule has 38 heavy (non-hydrogen) atoms. The minimum atomic E-state index is -0.680. The van der Waals surface area contributed by atoms with E-state index in [9.17, 15) is 14.7 Å². The van der Waals surface area contributed by atoms with Crippen molar-refractivity contribution < 1.29 is 19.4 Å². The van der Waals surface area contributed by atoms with Crippen LogP contribution in [-0.4, -0.2) is 40.3 Å².